The van der Waals surface area contributed by atoms with Crippen molar-refractivity contribution < 1.29 is 17.6 Å². The van der Waals surface area contributed by atoms with Crippen LogP contribution in [-0.2, 0) is 0 Å². The van der Waals surface area contributed by atoms with E-state index >= 15 is 0 Å². The van der Waals surface area contributed by atoms with Crippen molar-refractivity contribution in [2.75, 3.05) is 13.1 Å². The standard InChI is InChI=1S/C13H20F3N3O.HI/c1-4-17-12(18-8-7-13(14,15)16)19-10(3)11-6-5-9(2)20-11;/h5-6,10H,4,7-8H2,1-3H3,(H2,17,18,19);1H. The quantitative estimate of drug-likeness (QED) is 0.434. The Kier molecular flexibility index (Phi) is 8.76. The Labute approximate surface area is 139 Å². The maximum absolute atomic E-state index is 12.1. The van der Waals surface area contributed by atoms with Crippen molar-refractivity contribution in [3.8, 4) is 0 Å². The van der Waals surface area contributed by atoms with Gasteiger partial charge >= 0.3 is 6.18 Å². The highest BCUT2D eigenvalue weighted by atomic mass is 127. The van der Waals surface area contributed by atoms with Crippen LogP contribution in [0.3, 0.4) is 0 Å². The molecule has 0 radical (unpaired) electrons. The third-order valence-electron chi connectivity index (χ3n) is 2.55. The molecule has 0 saturated carbocycles. The van der Waals surface area contributed by atoms with Crippen molar-refractivity contribution in [2.24, 2.45) is 4.99 Å². The van der Waals surface area contributed by atoms with Gasteiger partial charge in [0.1, 0.15) is 11.5 Å². The molecule has 1 rings (SSSR count). The van der Waals surface area contributed by atoms with Gasteiger partial charge in [-0.3, -0.25) is 4.99 Å². The molecule has 0 saturated heterocycles. The Morgan fingerprint density at radius 1 is 1.38 bits per heavy atom. The molecule has 1 unspecified atom stereocenters. The molecule has 0 aliphatic rings. The number of aryl methyl sites for hydroxylation is 1. The molecule has 0 aliphatic heterocycles. The van der Waals surface area contributed by atoms with Crippen molar-refractivity contribution >= 4 is 29.9 Å². The third-order valence-corrected chi connectivity index (χ3v) is 2.55. The number of guanidine groups is 1. The normalized spacial score (nSPS) is 13.5. The number of hydrogen-bond acceptors (Lipinski definition) is 2. The highest BCUT2D eigenvalue weighted by Gasteiger charge is 2.26. The lowest BCUT2D eigenvalue weighted by molar-refractivity contribution is -0.132. The first-order valence-electron chi connectivity index (χ1n) is 6.49. The van der Waals surface area contributed by atoms with Crippen molar-refractivity contribution in [1.82, 2.24) is 10.6 Å². The summed E-state index contributed by atoms with van der Waals surface area (Å²) in [5, 5.41) is 5.92. The summed E-state index contributed by atoms with van der Waals surface area (Å²) in [6, 6.07) is 3.49. The zero-order valence-corrected chi connectivity index (χ0v) is 14.6. The number of alkyl halides is 3. The van der Waals surface area contributed by atoms with Crippen LogP contribution in [-0.4, -0.2) is 25.2 Å². The summed E-state index contributed by atoms with van der Waals surface area (Å²) in [6.07, 6.45) is -5.12. The zero-order chi connectivity index (χ0) is 15.2. The average molecular weight is 419 g/mol. The van der Waals surface area contributed by atoms with Gasteiger partial charge in [0.15, 0.2) is 5.96 Å². The Hall–Kier alpha value is -0.930. The monoisotopic (exact) mass is 419 g/mol. The Bertz CT molecular complexity index is 446. The van der Waals surface area contributed by atoms with E-state index in [1.165, 1.54) is 0 Å². The number of halogens is 4. The smallest absolute Gasteiger partial charge is 0.390 e. The molecule has 2 N–H and O–H groups in total. The molecule has 0 aliphatic carbocycles. The Balaban J connectivity index is 0.00000400. The van der Waals surface area contributed by atoms with Gasteiger partial charge in [-0.2, -0.15) is 13.2 Å². The van der Waals surface area contributed by atoms with Gasteiger partial charge in [0.05, 0.1) is 19.0 Å². The van der Waals surface area contributed by atoms with Crippen LogP contribution in [0.15, 0.2) is 21.5 Å². The first-order chi connectivity index (χ1) is 9.31. The minimum atomic E-state index is -4.19. The SMILES string of the molecule is CCNC(=NCCC(F)(F)F)NC(C)c1ccc(C)o1.I. The molecule has 0 amide bonds. The first-order valence-corrected chi connectivity index (χ1v) is 6.49. The van der Waals surface area contributed by atoms with E-state index in [0.717, 1.165) is 5.76 Å². The van der Waals surface area contributed by atoms with E-state index in [0.29, 0.717) is 18.3 Å². The lowest BCUT2D eigenvalue weighted by Gasteiger charge is -2.16. The van der Waals surface area contributed by atoms with Crippen LogP contribution in [0, 0.1) is 6.92 Å². The van der Waals surface area contributed by atoms with E-state index in [-0.39, 0.29) is 36.6 Å². The molecule has 0 spiro atoms. The summed E-state index contributed by atoms with van der Waals surface area (Å²) < 4.78 is 41.7. The van der Waals surface area contributed by atoms with Crippen LogP contribution in [0.5, 0.6) is 0 Å². The van der Waals surface area contributed by atoms with Gasteiger partial charge in [0, 0.05) is 6.54 Å². The van der Waals surface area contributed by atoms with E-state index in [2.05, 4.69) is 15.6 Å². The highest BCUT2D eigenvalue weighted by molar-refractivity contribution is 14.0. The summed E-state index contributed by atoms with van der Waals surface area (Å²) in [6.45, 7) is 5.81. The second kappa shape index (κ2) is 9.16. The number of nitrogens with zero attached hydrogens (tertiary/aromatic N) is 1. The third kappa shape index (κ3) is 8.18. The second-order valence-corrected chi connectivity index (χ2v) is 4.44. The van der Waals surface area contributed by atoms with E-state index in [9.17, 15) is 13.2 Å². The Morgan fingerprint density at radius 3 is 2.52 bits per heavy atom. The number of hydrogen-bond donors (Lipinski definition) is 2. The second-order valence-electron chi connectivity index (χ2n) is 4.44. The van der Waals surface area contributed by atoms with Gasteiger partial charge in [0.2, 0.25) is 0 Å². The number of furan rings is 1. The molecule has 1 heterocycles. The summed E-state index contributed by atoms with van der Waals surface area (Å²) in [5.74, 6) is 1.84. The topological polar surface area (TPSA) is 49.6 Å². The predicted octanol–water partition coefficient (Wildman–Crippen LogP) is 3.77. The summed E-state index contributed by atoms with van der Waals surface area (Å²) >= 11 is 0. The number of rotatable bonds is 5. The first kappa shape index (κ1) is 20.1. The molecule has 1 aromatic heterocycles. The van der Waals surface area contributed by atoms with Crippen molar-refractivity contribution in [2.45, 2.75) is 39.4 Å². The molecule has 1 aromatic rings. The predicted molar refractivity (Wildman–Crippen MR) is 87.1 cm³/mol. The lowest BCUT2D eigenvalue weighted by atomic mass is 10.2. The fourth-order valence-electron chi connectivity index (χ4n) is 1.58. The van der Waals surface area contributed by atoms with Gasteiger partial charge in [-0.05, 0) is 32.9 Å². The van der Waals surface area contributed by atoms with Crippen LogP contribution >= 0.6 is 24.0 Å². The van der Waals surface area contributed by atoms with Crippen LogP contribution < -0.4 is 10.6 Å². The van der Waals surface area contributed by atoms with Crippen molar-refractivity contribution in [3.05, 3.63) is 23.7 Å². The lowest BCUT2D eigenvalue weighted by Crippen LogP contribution is -2.38. The van der Waals surface area contributed by atoms with Crippen molar-refractivity contribution in [1.29, 1.82) is 0 Å². The minimum Gasteiger partial charge on any atom is -0.464 e. The molecular formula is C13H21F3IN3O. The van der Waals surface area contributed by atoms with Crippen molar-refractivity contribution in [3.63, 3.8) is 0 Å². The highest BCUT2D eigenvalue weighted by Crippen LogP contribution is 2.19. The van der Waals surface area contributed by atoms with E-state index in [1.54, 1.807) is 0 Å². The largest absolute Gasteiger partial charge is 0.464 e. The summed E-state index contributed by atoms with van der Waals surface area (Å²) in [4.78, 5) is 3.90. The summed E-state index contributed by atoms with van der Waals surface area (Å²) in [5.41, 5.74) is 0. The number of aliphatic imine (C=N–C) groups is 1. The van der Waals surface area contributed by atoms with Gasteiger partial charge in [-0.25, -0.2) is 0 Å². The minimum absolute atomic E-state index is 0. The number of nitrogens with one attached hydrogen (secondary N) is 2. The van der Waals surface area contributed by atoms with E-state index < -0.39 is 12.6 Å². The molecule has 0 aromatic carbocycles. The van der Waals surface area contributed by atoms with Gasteiger partial charge in [-0.15, -0.1) is 24.0 Å². The molecule has 4 nitrogen and oxygen atoms in total. The van der Waals surface area contributed by atoms with Crippen LogP contribution in [0.1, 0.15) is 37.8 Å². The van der Waals surface area contributed by atoms with E-state index in [1.807, 2.05) is 32.9 Å². The molecule has 1 atom stereocenters. The fraction of sp³-hybridized carbons (Fsp3) is 0.615. The molecule has 122 valence electrons. The molecule has 0 fully saturated rings. The van der Waals surface area contributed by atoms with Crippen LogP contribution in [0.25, 0.3) is 0 Å². The van der Waals surface area contributed by atoms with Gasteiger partial charge in [0.25, 0.3) is 0 Å². The maximum atomic E-state index is 12.1. The molecule has 8 heteroatoms. The average Bonchev–Trinajstić information content (AvgIpc) is 2.74. The van der Waals surface area contributed by atoms with Crippen LogP contribution in [0.4, 0.5) is 13.2 Å². The molecule has 0 bridgehead atoms. The van der Waals surface area contributed by atoms with Gasteiger partial charge < -0.3 is 15.1 Å². The zero-order valence-electron chi connectivity index (χ0n) is 12.3. The molecule has 21 heavy (non-hydrogen) atoms. The maximum Gasteiger partial charge on any atom is 0.390 e. The van der Waals surface area contributed by atoms with E-state index in [4.69, 9.17) is 4.42 Å². The van der Waals surface area contributed by atoms with Gasteiger partial charge in [-0.1, -0.05) is 0 Å². The molecular weight excluding hydrogens is 398 g/mol. The Morgan fingerprint density at radius 2 is 2.05 bits per heavy atom. The summed E-state index contributed by atoms with van der Waals surface area (Å²) in [7, 11) is 0. The fourth-order valence-corrected chi connectivity index (χ4v) is 1.58. The van der Waals surface area contributed by atoms with Crippen LogP contribution in [0.2, 0.25) is 0 Å².